The van der Waals surface area contributed by atoms with Gasteiger partial charge in [-0.15, -0.1) is 0 Å². The van der Waals surface area contributed by atoms with Crippen molar-refractivity contribution < 1.29 is 23.1 Å². The van der Waals surface area contributed by atoms with Gasteiger partial charge in [0.25, 0.3) is 0 Å². The van der Waals surface area contributed by atoms with E-state index in [0.717, 1.165) is 5.56 Å². The van der Waals surface area contributed by atoms with Crippen LogP contribution in [0.1, 0.15) is 16.7 Å². The second kappa shape index (κ2) is 8.48. The number of alkyl halides is 2. The molecule has 24 heavy (non-hydrogen) atoms. The van der Waals surface area contributed by atoms with Crippen LogP contribution in [0.15, 0.2) is 47.6 Å². The van der Waals surface area contributed by atoms with Crippen LogP contribution in [0.5, 0.6) is 11.5 Å². The maximum Gasteiger partial charge on any atom is 0.387 e. The third-order valence-corrected chi connectivity index (χ3v) is 2.99. The first-order valence-electron chi connectivity index (χ1n) is 6.89. The third-order valence-electron chi connectivity index (χ3n) is 2.99. The van der Waals surface area contributed by atoms with Crippen molar-refractivity contribution in [3.63, 3.8) is 0 Å². The lowest BCUT2D eigenvalue weighted by Gasteiger charge is -2.09. The van der Waals surface area contributed by atoms with Crippen molar-refractivity contribution in [2.75, 3.05) is 7.11 Å². The molecular formula is C17H14F2N2O3. The van der Waals surface area contributed by atoms with Crippen molar-refractivity contribution in [1.29, 1.82) is 5.26 Å². The van der Waals surface area contributed by atoms with E-state index in [1.807, 2.05) is 6.07 Å². The van der Waals surface area contributed by atoms with Gasteiger partial charge in [0.2, 0.25) is 0 Å². The van der Waals surface area contributed by atoms with Gasteiger partial charge in [0.1, 0.15) is 6.61 Å². The summed E-state index contributed by atoms with van der Waals surface area (Å²) in [6, 6.07) is 13.4. The van der Waals surface area contributed by atoms with Gasteiger partial charge in [0.05, 0.1) is 25.0 Å². The van der Waals surface area contributed by atoms with Gasteiger partial charge in [-0.1, -0.05) is 17.3 Å². The Labute approximate surface area is 137 Å². The Morgan fingerprint density at radius 3 is 2.54 bits per heavy atom. The molecule has 0 fully saturated rings. The molecule has 0 saturated heterocycles. The van der Waals surface area contributed by atoms with E-state index in [1.54, 1.807) is 30.3 Å². The number of rotatable bonds is 7. The normalized spacial score (nSPS) is 10.6. The minimum atomic E-state index is -2.92. The van der Waals surface area contributed by atoms with Crippen LogP contribution in [-0.2, 0) is 11.4 Å². The van der Waals surface area contributed by atoms with Gasteiger partial charge >= 0.3 is 6.61 Å². The average Bonchev–Trinajstić information content (AvgIpc) is 2.59. The number of benzene rings is 2. The van der Waals surface area contributed by atoms with E-state index in [1.165, 1.54) is 25.5 Å². The number of hydrogen-bond donors (Lipinski definition) is 0. The number of methoxy groups -OCH3 is 1. The fourth-order valence-corrected chi connectivity index (χ4v) is 1.84. The summed E-state index contributed by atoms with van der Waals surface area (Å²) < 4.78 is 33.8. The second-order valence-corrected chi connectivity index (χ2v) is 4.61. The van der Waals surface area contributed by atoms with E-state index in [4.69, 9.17) is 14.8 Å². The SMILES string of the molecule is COc1cc(/C=N/OCc2ccc(C#N)cc2)ccc1OC(F)F. The summed E-state index contributed by atoms with van der Waals surface area (Å²) >= 11 is 0. The molecule has 0 bridgehead atoms. The minimum Gasteiger partial charge on any atom is -0.493 e. The van der Waals surface area contributed by atoms with Crippen molar-refractivity contribution in [3.05, 3.63) is 59.2 Å². The summed E-state index contributed by atoms with van der Waals surface area (Å²) in [4.78, 5) is 5.16. The average molecular weight is 332 g/mol. The van der Waals surface area contributed by atoms with Gasteiger partial charge < -0.3 is 14.3 Å². The first-order chi connectivity index (χ1) is 11.6. The lowest BCUT2D eigenvalue weighted by atomic mass is 10.2. The van der Waals surface area contributed by atoms with Crippen LogP contribution in [0.3, 0.4) is 0 Å². The van der Waals surface area contributed by atoms with Crippen LogP contribution in [0, 0.1) is 11.3 Å². The molecule has 0 aromatic heterocycles. The Hall–Kier alpha value is -3.14. The second-order valence-electron chi connectivity index (χ2n) is 4.61. The van der Waals surface area contributed by atoms with Crippen molar-refractivity contribution in [2.45, 2.75) is 13.2 Å². The summed E-state index contributed by atoms with van der Waals surface area (Å²) in [6.45, 7) is -2.68. The molecule has 2 aromatic rings. The first-order valence-corrected chi connectivity index (χ1v) is 6.89. The number of halogens is 2. The van der Waals surface area contributed by atoms with Crippen molar-refractivity contribution in [3.8, 4) is 17.6 Å². The first kappa shape index (κ1) is 17.2. The van der Waals surface area contributed by atoms with E-state index in [-0.39, 0.29) is 18.1 Å². The van der Waals surface area contributed by atoms with Crippen LogP contribution >= 0.6 is 0 Å². The van der Waals surface area contributed by atoms with Crippen LogP contribution in [0.25, 0.3) is 0 Å². The molecule has 0 aliphatic rings. The maximum atomic E-state index is 12.3. The highest BCUT2D eigenvalue weighted by molar-refractivity contribution is 5.80. The van der Waals surface area contributed by atoms with Crippen LogP contribution in [0.4, 0.5) is 8.78 Å². The molecule has 0 spiro atoms. The highest BCUT2D eigenvalue weighted by Gasteiger charge is 2.10. The lowest BCUT2D eigenvalue weighted by Crippen LogP contribution is -2.03. The molecule has 124 valence electrons. The molecule has 0 aliphatic heterocycles. The summed E-state index contributed by atoms with van der Waals surface area (Å²) in [5.41, 5.74) is 2.04. The van der Waals surface area contributed by atoms with Crippen molar-refractivity contribution in [1.82, 2.24) is 0 Å². The fraction of sp³-hybridized carbons (Fsp3) is 0.176. The monoisotopic (exact) mass is 332 g/mol. The highest BCUT2D eigenvalue weighted by atomic mass is 19.3. The Balaban J connectivity index is 1.94. The van der Waals surface area contributed by atoms with Gasteiger partial charge in [0, 0.05) is 5.56 Å². The maximum absolute atomic E-state index is 12.3. The Bertz CT molecular complexity index is 740. The Morgan fingerprint density at radius 1 is 1.17 bits per heavy atom. The Morgan fingerprint density at radius 2 is 1.92 bits per heavy atom. The largest absolute Gasteiger partial charge is 0.493 e. The van der Waals surface area contributed by atoms with Gasteiger partial charge in [0.15, 0.2) is 11.5 Å². The summed E-state index contributed by atoms with van der Waals surface area (Å²) in [7, 11) is 1.36. The van der Waals surface area contributed by atoms with E-state index in [9.17, 15) is 8.78 Å². The van der Waals surface area contributed by atoms with E-state index >= 15 is 0 Å². The molecule has 0 radical (unpaired) electrons. The molecule has 0 atom stereocenters. The standard InChI is InChI=1S/C17H14F2N2O3/c1-22-16-8-14(6-7-15(16)24-17(18)19)10-21-23-11-13-4-2-12(9-20)3-5-13/h2-8,10,17H,11H2,1H3/b21-10+. The van der Waals surface area contributed by atoms with Crippen molar-refractivity contribution in [2.24, 2.45) is 5.16 Å². The zero-order valence-corrected chi connectivity index (χ0v) is 12.8. The molecule has 0 amide bonds. The summed E-state index contributed by atoms with van der Waals surface area (Å²) in [5, 5.41) is 12.5. The molecule has 7 heteroatoms. The number of ether oxygens (including phenoxy) is 2. The number of nitriles is 1. The zero-order chi connectivity index (χ0) is 17.4. The molecule has 0 N–H and O–H groups in total. The summed E-state index contributed by atoms with van der Waals surface area (Å²) in [6.07, 6.45) is 1.43. The highest BCUT2D eigenvalue weighted by Crippen LogP contribution is 2.28. The van der Waals surface area contributed by atoms with E-state index < -0.39 is 6.61 Å². The van der Waals surface area contributed by atoms with Gasteiger partial charge in [-0.05, 0) is 35.9 Å². The molecule has 2 aromatic carbocycles. The van der Waals surface area contributed by atoms with Crippen LogP contribution in [-0.4, -0.2) is 19.9 Å². The Kier molecular flexibility index (Phi) is 6.08. The molecular weight excluding hydrogens is 318 g/mol. The third kappa shape index (κ3) is 4.95. The fourth-order valence-electron chi connectivity index (χ4n) is 1.84. The number of nitrogens with zero attached hydrogens (tertiary/aromatic N) is 2. The topological polar surface area (TPSA) is 63.8 Å². The molecule has 0 heterocycles. The summed E-state index contributed by atoms with van der Waals surface area (Å²) in [5.74, 6) is 0.120. The zero-order valence-electron chi connectivity index (χ0n) is 12.8. The molecule has 0 aliphatic carbocycles. The van der Waals surface area contributed by atoms with Gasteiger partial charge in [-0.25, -0.2) is 0 Å². The van der Waals surface area contributed by atoms with E-state index in [2.05, 4.69) is 9.89 Å². The van der Waals surface area contributed by atoms with Crippen molar-refractivity contribution >= 4 is 6.21 Å². The smallest absolute Gasteiger partial charge is 0.387 e. The molecule has 0 unspecified atom stereocenters. The lowest BCUT2D eigenvalue weighted by molar-refractivity contribution is -0.0512. The van der Waals surface area contributed by atoms with Crippen LogP contribution in [0.2, 0.25) is 0 Å². The quantitative estimate of drug-likeness (QED) is 0.572. The molecule has 5 nitrogen and oxygen atoms in total. The number of hydrogen-bond acceptors (Lipinski definition) is 5. The predicted molar refractivity (Wildman–Crippen MR) is 83.2 cm³/mol. The molecule has 2 rings (SSSR count). The number of oxime groups is 1. The predicted octanol–water partition coefficient (Wildman–Crippen LogP) is 3.72. The van der Waals surface area contributed by atoms with Crippen LogP contribution < -0.4 is 9.47 Å². The van der Waals surface area contributed by atoms with Gasteiger partial charge in [-0.3, -0.25) is 0 Å². The van der Waals surface area contributed by atoms with Gasteiger partial charge in [-0.2, -0.15) is 14.0 Å². The minimum absolute atomic E-state index is 0.0526. The van der Waals surface area contributed by atoms with E-state index in [0.29, 0.717) is 11.1 Å². The molecule has 0 saturated carbocycles.